The van der Waals surface area contributed by atoms with Gasteiger partial charge in [-0.25, -0.2) is 0 Å². The summed E-state index contributed by atoms with van der Waals surface area (Å²) in [6.07, 6.45) is 9.19. The van der Waals surface area contributed by atoms with Crippen LogP contribution in [0.15, 0.2) is 72.8 Å². The van der Waals surface area contributed by atoms with Crippen LogP contribution >= 0.6 is 0 Å². The van der Waals surface area contributed by atoms with Gasteiger partial charge in [0.15, 0.2) is 0 Å². The maximum atomic E-state index is 2.32. The molecule has 0 amide bonds. The highest BCUT2D eigenvalue weighted by molar-refractivity contribution is 5.91. The Labute approximate surface area is 121 Å². The first kappa shape index (κ1) is 12.9. The molecule has 0 saturated heterocycles. The third-order valence-corrected chi connectivity index (χ3v) is 3.90. The Balaban J connectivity index is 2.10. The lowest BCUT2D eigenvalue weighted by Gasteiger charge is -2.17. The van der Waals surface area contributed by atoms with E-state index in [0.717, 1.165) is 25.7 Å². The van der Waals surface area contributed by atoms with Crippen LogP contribution in [0.5, 0.6) is 0 Å². The summed E-state index contributed by atoms with van der Waals surface area (Å²) in [5.74, 6) is 0. The molecule has 0 N–H and O–H groups in total. The largest absolute Gasteiger partial charge is 0.0882 e. The quantitative estimate of drug-likeness (QED) is 0.605. The first-order valence-corrected chi connectivity index (χ1v) is 7.43. The van der Waals surface area contributed by atoms with Gasteiger partial charge in [0.25, 0.3) is 0 Å². The van der Waals surface area contributed by atoms with E-state index in [2.05, 4.69) is 72.8 Å². The predicted molar refractivity (Wildman–Crippen MR) is 87.3 cm³/mol. The SMILES string of the molecule is C1=CCCC(c2ccccc2)=C(c2ccccc2)CC1. The van der Waals surface area contributed by atoms with E-state index in [9.17, 15) is 0 Å². The summed E-state index contributed by atoms with van der Waals surface area (Å²) in [4.78, 5) is 0. The lowest BCUT2D eigenvalue weighted by atomic mass is 9.87. The molecule has 20 heavy (non-hydrogen) atoms. The first-order valence-electron chi connectivity index (χ1n) is 7.43. The van der Waals surface area contributed by atoms with Crippen molar-refractivity contribution in [1.29, 1.82) is 0 Å². The van der Waals surface area contributed by atoms with E-state index in [4.69, 9.17) is 0 Å². The standard InChI is InChI=1S/C20H20/c1-2-10-16-20(18-13-7-4-8-14-18)19(15-9-1)17-11-5-3-6-12-17/h1-8,11-14H,9-10,15-16H2. The van der Waals surface area contributed by atoms with Crippen molar-refractivity contribution in [2.45, 2.75) is 25.7 Å². The maximum Gasteiger partial charge on any atom is -0.0221 e. The van der Waals surface area contributed by atoms with Gasteiger partial charge in [-0.3, -0.25) is 0 Å². The smallest absolute Gasteiger partial charge is 0.0221 e. The molecule has 0 saturated carbocycles. The highest BCUT2D eigenvalue weighted by Gasteiger charge is 2.11. The number of hydrogen-bond donors (Lipinski definition) is 0. The zero-order chi connectivity index (χ0) is 13.6. The fraction of sp³-hybridized carbons (Fsp3) is 0.200. The van der Waals surface area contributed by atoms with Gasteiger partial charge in [-0.2, -0.15) is 0 Å². The maximum absolute atomic E-state index is 2.32. The van der Waals surface area contributed by atoms with E-state index in [0.29, 0.717) is 0 Å². The number of hydrogen-bond acceptors (Lipinski definition) is 0. The topological polar surface area (TPSA) is 0 Å². The normalized spacial score (nSPS) is 15.8. The van der Waals surface area contributed by atoms with Crippen LogP contribution in [0.2, 0.25) is 0 Å². The van der Waals surface area contributed by atoms with Crippen molar-refractivity contribution in [3.05, 3.63) is 83.9 Å². The third kappa shape index (κ3) is 2.91. The molecule has 0 aliphatic heterocycles. The summed E-state index contributed by atoms with van der Waals surface area (Å²) < 4.78 is 0. The van der Waals surface area contributed by atoms with Gasteiger partial charge in [0.1, 0.15) is 0 Å². The predicted octanol–water partition coefficient (Wildman–Crippen LogP) is 5.73. The average Bonchev–Trinajstić information content (AvgIpc) is 2.49. The summed E-state index contributed by atoms with van der Waals surface area (Å²) in [5.41, 5.74) is 5.78. The van der Waals surface area contributed by atoms with Crippen LogP contribution in [0.4, 0.5) is 0 Å². The molecule has 2 aromatic carbocycles. The Morgan fingerprint density at radius 2 is 0.900 bits per heavy atom. The van der Waals surface area contributed by atoms with Crippen LogP contribution in [0.3, 0.4) is 0 Å². The lowest BCUT2D eigenvalue weighted by Crippen LogP contribution is -1.95. The second kappa shape index (κ2) is 6.38. The minimum absolute atomic E-state index is 1.13. The van der Waals surface area contributed by atoms with Crippen LogP contribution in [0, 0.1) is 0 Å². The molecule has 0 fully saturated rings. The molecule has 100 valence electrons. The molecule has 0 nitrogen and oxygen atoms in total. The molecule has 3 rings (SSSR count). The monoisotopic (exact) mass is 260 g/mol. The van der Waals surface area contributed by atoms with E-state index in [1.165, 1.54) is 22.3 Å². The Bertz CT molecular complexity index is 548. The van der Waals surface area contributed by atoms with Crippen molar-refractivity contribution in [3.8, 4) is 0 Å². The van der Waals surface area contributed by atoms with Crippen molar-refractivity contribution in [3.63, 3.8) is 0 Å². The van der Waals surface area contributed by atoms with Gasteiger partial charge in [-0.15, -0.1) is 0 Å². The number of rotatable bonds is 2. The minimum atomic E-state index is 1.13. The summed E-state index contributed by atoms with van der Waals surface area (Å²) >= 11 is 0. The Morgan fingerprint density at radius 1 is 0.500 bits per heavy atom. The molecule has 0 bridgehead atoms. The van der Waals surface area contributed by atoms with Crippen LogP contribution in [0.1, 0.15) is 36.8 Å². The van der Waals surface area contributed by atoms with Crippen LogP contribution in [0.25, 0.3) is 11.1 Å². The molecule has 0 heteroatoms. The van der Waals surface area contributed by atoms with E-state index in [-0.39, 0.29) is 0 Å². The summed E-state index contributed by atoms with van der Waals surface area (Å²) in [5, 5.41) is 0. The Morgan fingerprint density at radius 3 is 1.30 bits per heavy atom. The van der Waals surface area contributed by atoms with Gasteiger partial charge < -0.3 is 0 Å². The van der Waals surface area contributed by atoms with E-state index < -0.39 is 0 Å². The van der Waals surface area contributed by atoms with Gasteiger partial charge in [0.2, 0.25) is 0 Å². The number of allylic oxidation sites excluding steroid dienone is 4. The highest BCUT2D eigenvalue weighted by Crippen LogP contribution is 2.34. The molecular formula is C20H20. The lowest BCUT2D eigenvalue weighted by molar-refractivity contribution is 0.987. The van der Waals surface area contributed by atoms with Gasteiger partial charge in [-0.05, 0) is 48.0 Å². The molecule has 0 unspecified atom stereocenters. The van der Waals surface area contributed by atoms with Crippen LogP contribution < -0.4 is 0 Å². The van der Waals surface area contributed by atoms with Crippen molar-refractivity contribution >= 4 is 11.1 Å². The number of benzene rings is 2. The fourth-order valence-electron chi connectivity index (χ4n) is 2.91. The Kier molecular flexibility index (Phi) is 4.13. The second-order valence-electron chi connectivity index (χ2n) is 5.24. The molecule has 1 aliphatic rings. The molecule has 0 heterocycles. The van der Waals surface area contributed by atoms with E-state index >= 15 is 0 Å². The fourth-order valence-corrected chi connectivity index (χ4v) is 2.91. The molecule has 1 aliphatic carbocycles. The average molecular weight is 260 g/mol. The van der Waals surface area contributed by atoms with Gasteiger partial charge in [-0.1, -0.05) is 72.8 Å². The molecule has 0 aromatic heterocycles. The zero-order valence-electron chi connectivity index (χ0n) is 11.8. The summed E-state index contributed by atoms with van der Waals surface area (Å²) in [7, 11) is 0. The van der Waals surface area contributed by atoms with E-state index in [1.807, 2.05) is 0 Å². The molecule has 0 atom stereocenters. The van der Waals surface area contributed by atoms with Crippen molar-refractivity contribution in [2.75, 3.05) is 0 Å². The minimum Gasteiger partial charge on any atom is -0.0882 e. The molecule has 0 spiro atoms. The Hall–Kier alpha value is -2.08. The van der Waals surface area contributed by atoms with Crippen molar-refractivity contribution in [1.82, 2.24) is 0 Å². The van der Waals surface area contributed by atoms with Crippen LogP contribution in [-0.2, 0) is 0 Å². The second-order valence-corrected chi connectivity index (χ2v) is 5.24. The van der Waals surface area contributed by atoms with Crippen molar-refractivity contribution < 1.29 is 0 Å². The van der Waals surface area contributed by atoms with Gasteiger partial charge in [0, 0.05) is 0 Å². The summed E-state index contributed by atoms with van der Waals surface area (Å²) in [6, 6.07) is 21.7. The summed E-state index contributed by atoms with van der Waals surface area (Å²) in [6.45, 7) is 0. The molecular weight excluding hydrogens is 240 g/mol. The molecule has 2 aromatic rings. The molecule has 0 radical (unpaired) electrons. The zero-order valence-corrected chi connectivity index (χ0v) is 11.8. The third-order valence-electron chi connectivity index (χ3n) is 3.90. The first-order chi connectivity index (χ1) is 9.95. The van der Waals surface area contributed by atoms with Gasteiger partial charge in [0.05, 0.1) is 0 Å². The highest BCUT2D eigenvalue weighted by atomic mass is 14.2. The van der Waals surface area contributed by atoms with Crippen molar-refractivity contribution in [2.24, 2.45) is 0 Å². The van der Waals surface area contributed by atoms with Crippen LogP contribution in [-0.4, -0.2) is 0 Å². The van der Waals surface area contributed by atoms with Gasteiger partial charge >= 0.3 is 0 Å². The van der Waals surface area contributed by atoms with E-state index in [1.54, 1.807) is 0 Å².